The average molecular weight is 445 g/mol. The molecule has 5 nitrogen and oxygen atoms in total. The van der Waals surface area contributed by atoms with Crippen LogP contribution < -0.4 is 10.6 Å². The predicted molar refractivity (Wildman–Crippen MR) is 117 cm³/mol. The van der Waals surface area contributed by atoms with Crippen molar-refractivity contribution in [2.24, 2.45) is 0 Å². The van der Waals surface area contributed by atoms with E-state index in [0.29, 0.717) is 30.9 Å². The molecule has 1 saturated heterocycles. The minimum atomic E-state index is -4.48. The molecule has 32 heavy (non-hydrogen) atoms. The molecular weight excluding hydrogens is 419 g/mol. The number of nitrogens with one attached hydrogen (secondary N) is 2. The molecule has 1 aliphatic rings. The Labute approximate surface area is 185 Å². The molecule has 0 bridgehead atoms. The molecule has 2 aromatic carbocycles. The first-order chi connectivity index (χ1) is 15.3. The van der Waals surface area contributed by atoms with Crippen molar-refractivity contribution >= 4 is 11.6 Å². The summed E-state index contributed by atoms with van der Waals surface area (Å²) in [4.78, 5) is 14.8. The molecule has 0 spiro atoms. The summed E-state index contributed by atoms with van der Waals surface area (Å²) in [6, 6.07) is 8.57. The van der Waals surface area contributed by atoms with Crippen LogP contribution in [0.4, 0.5) is 18.9 Å². The van der Waals surface area contributed by atoms with E-state index in [-0.39, 0.29) is 17.8 Å². The van der Waals surface area contributed by atoms with Crippen molar-refractivity contribution in [3.63, 3.8) is 0 Å². The van der Waals surface area contributed by atoms with Crippen molar-refractivity contribution in [3.8, 4) is 12.3 Å². The average Bonchev–Trinajstić information content (AvgIpc) is 2.77. The van der Waals surface area contributed by atoms with E-state index in [0.717, 1.165) is 31.3 Å². The fraction of sp³-hybridized carbons (Fsp3) is 0.375. The van der Waals surface area contributed by atoms with Crippen LogP contribution in [0, 0.1) is 19.3 Å². The van der Waals surface area contributed by atoms with Crippen LogP contribution in [0.2, 0.25) is 0 Å². The van der Waals surface area contributed by atoms with Gasteiger partial charge in [-0.15, -0.1) is 6.42 Å². The largest absolute Gasteiger partial charge is 0.416 e. The molecule has 2 N–H and O–H groups in total. The molecule has 0 unspecified atom stereocenters. The number of anilines is 1. The topological polar surface area (TPSA) is 53.6 Å². The summed E-state index contributed by atoms with van der Waals surface area (Å²) in [7, 11) is 0. The predicted octanol–water partition coefficient (Wildman–Crippen LogP) is 3.67. The van der Waals surface area contributed by atoms with Crippen LogP contribution in [0.25, 0.3) is 0 Å². The van der Waals surface area contributed by atoms with Crippen LogP contribution in [0.15, 0.2) is 36.4 Å². The molecule has 0 aliphatic carbocycles. The third kappa shape index (κ3) is 6.33. The number of benzene rings is 2. The maximum absolute atomic E-state index is 13.5. The second-order valence-electron chi connectivity index (χ2n) is 7.63. The van der Waals surface area contributed by atoms with Gasteiger partial charge in [-0.1, -0.05) is 12.0 Å². The summed E-state index contributed by atoms with van der Waals surface area (Å²) in [6.07, 6.45) is 0.967. The molecule has 1 amide bonds. The van der Waals surface area contributed by atoms with Gasteiger partial charge < -0.3 is 15.4 Å². The normalized spacial score (nSPS) is 14.7. The number of morpholine rings is 1. The van der Waals surface area contributed by atoms with E-state index in [1.54, 1.807) is 18.2 Å². The highest BCUT2D eigenvalue weighted by atomic mass is 19.4. The second-order valence-corrected chi connectivity index (χ2v) is 7.63. The maximum atomic E-state index is 13.5. The summed E-state index contributed by atoms with van der Waals surface area (Å²) in [5.41, 5.74) is 1.44. The SMILES string of the molecule is C#Cc1cc(C(=O)Nc2ccc(C(F)(F)F)c(CNCCN3CCOCC3)c2)ccc1C. The first-order valence-corrected chi connectivity index (χ1v) is 10.4. The van der Waals surface area contributed by atoms with Gasteiger partial charge in [0.05, 0.1) is 18.8 Å². The van der Waals surface area contributed by atoms with Crippen LogP contribution in [-0.2, 0) is 17.5 Å². The Hall–Kier alpha value is -2.86. The Kier molecular flexibility index (Phi) is 7.91. The Morgan fingerprint density at radius 2 is 1.94 bits per heavy atom. The number of hydrogen-bond donors (Lipinski definition) is 2. The molecule has 170 valence electrons. The molecule has 0 radical (unpaired) electrons. The van der Waals surface area contributed by atoms with Gasteiger partial charge in [-0.05, 0) is 48.4 Å². The van der Waals surface area contributed by atoms with E-state index in [1.807, 2.05) is 6.92 Å². The van der Waals surface area contributed by atoms with Gasteiger partial charge in [0, 0.05) is 49.5 Å². The number of hydrogen-bond acceptors (Lipinski definition) is 4. The maximum Gasteiger partial charge on any atom is 0.416 e. The zero-order valence-electron chi connectivity index (χ0n) is 17.9. The zero-order valence-corrected chi connectivity index (χ0v) is 17.9. The molecule has 1 aliphatic heterocycles. The van der Waals surface area contributed by atoms with Gasteiger partial charge in [-0.3, -0.25) is 9.69 Å². The number of halogens is 3. The fourth-order valence-electron chi connectivity index (χ4n) is 3.50. The van der Waals surface area contributed by atoms with E-state index < -0.39 is 17.6 Å². The van der Waals surface area contributed by atoms with E-state index >= 15 is 0 Å². The van der Waals surface area contributed by atoms with Gasteiger partial charge in [0.25, 0.3) is 5.91 Å². The fourth-order valence-corrected chi connectivity index (χ4v) is 3.50. The van der Waals surface area contributed by atoms with Gasteiger partial charge in [0.2, 0.25) is 0 Å². The summed E-state index contributed by atoms with van der Waals surface area (Å²) >= 11 is 0. The van der Waals surface area contributed by atoms with Crippen LogP contribution >= 0.6 is 0 Å². The van der Waals surface area contributed by atoms with Gasteiger partial charge in [0.15, 0.2) is 0 Å². The van der Waals surface area contributed by atoms with E-state index in [4.69, 9.17) is 11.2 Å². The number of nitrogens with zero attached hydrogens (tertiary/aromatic N) is 1. The molecule has 1 fully saturated rings. The van der Waals surface area contributed by atoms with Crippen molar-refractivity contribution in [2.75, 3.05) is 44.7 Å². The van der Waals surface area contributed by atoms with Crippen molar-refractivity contribution in [2.45, 2.75) is 19.6 Å². The number of rotatable bonds is 7. The standard InChI is InChI=1S/C24H26F3N3O2/c1-3-18-14-19(5-4-17(18)2)23(31)29-21-6-7-22(24(25,26)27)20(15-21)16-28-8-9-30-10-12-32-13-11-30/h1,4-7,14-15,28H,8-13,16H2,2H3,(H,29,31). The van der Waals surface area contributed by atoms with Crippen LogP contribution in [0.3, 0.4) is 0 Å². The summed E-state index contributed by atoms with van der Waals surface area (Å²) in [6.45, 7) is 6.13. The Morgan fingerprint density at radius 1 is 1.19 bits per heavy atom. The number of amides is 1. The third-order valence-electron chi connectivity index (χ3n) is 5.35. The molecule has 0 aromatic heterocycles. The molecule has 3 rings (SSSR count). The zero-order chi connectivity index (χ0) is 23.1. The molecule has 2 aromatic rings. The highest BCUT2D eigenvalue weighted by molar-refractivity contribution is 6.04. The molecule has 0 atom stereocenters. The molecule has 8 heteroatoms. The first-order valence-electron chi connectivity index (χ1n) is 10.4. The van der Waals surface area contributed by atoms with Crippen molar-refractivity contribution < 1.29 is 22.7 Å². The lowest BCUT2D eigenvalue weighted by Crippen LogP contribution is -2.40. The number of ether oxygens (including phenoxy) is 1. The lowest BCUT2D eigenvalue weighted by molar-refractivity contribution is -0.138. The summed E-state index contributed by atoms with van der Waals surface area (Å²) in [5.74, 6) is 2.08. The van der Waals surface area contributed by atoms with E-state index in [9.17, 15) is 18.0 Å². The number of alkyl halides is 3. The number of terminal acetylenes is 1. The van der Waals surface area contributed by atoms with Crippen LogP contribution in [0.5, 0.6) is 0 Å². The highest BCUT2D eigenvalue weighted by Crippen LogP contribution is 2.33. The van der Waals surface area contributed by atoms with E-state index in [2.05, 4.69) is 21.5 Å². The van der Waals surface area contributed by atoms with Gasteiger partial charge in [-0.25, -0.2) is 0 Å². The smallest absolute Gasteiger partial charge is 0.379 e. The monoisotopic (exact) mass is 445 g/mol. The lowest BCUT2D eigenvalue weighted by atomic mass is 10.0. The minimum absolute atomic E-state index is 0.0364. The third-order valence-corrected chi connectivity index (χ3v) is 5.35. The van der Waals surface area contributed by atoms with Gasteiger partial charge >= 0.3 is 6.18 Å². The quantitative estimate of drug-likeness (QED) is 0.505. The van der Waals surface area contributed by atoms with Crippen molar-refractivity contribution in [1.82, 2.24) is 10.2 Å². The highest BCUT2D eigenvalue weighted by Gasteiger charge is 2.33. The second kappa shape index (κ2) is 10.6. The minimum Gasteiger partial charge on any atom is -0.379 e. The van der Waals surface area contributed by atoms with Crippen molar-refractivity contribution in [3.05, 3.63) is 64.2 Å². The number of carbonyl (C=O) groups excluding carboxylic acids is 1. The van der Waals surface area contributed by atoms with Gasteiger partial charge in [-0.2, -0.15) is 13.2 Å². The molecule has 1 heterocycles. The van der Waals surface area contributed by atoms with Gasteiger partial charge in [0.1, 0.15) is 0 Å². The molecule has 0 saturated carbocycles. The van der Waals surface area contributed by atoms with Crippen molar-refractivity contribution in [1.29, 1.82) is 0 Å². The number of aryl methyl sites for hydroxylation is 1. The Balaban J connectivity index is 1.69. The number of carbonyl (C=O) groups is 1. The Morgan fingerprint density at radius 3 is 2.62 bits per heavy atom. The van der Waals surface area contributed by atoms with E-state index in [1.165, 1.54) is 12.1 Å². The summed E-state index contributed by atoms with van der Waals surface area (Å²) in [5, 5.41) is 5.74. The first kappa shape index (κ1) is 23.8. The molecular formula is C24H26F3N3O2. The van der Waals surface area contributed by atoms with Crippen LogP contribution in [0.1, 0.15) is 32.6 Å². The lowest BCUT2D eigenvalue weighted by Gasteiger charge is -2.26. The summed E-state index contributed by atoms with van der Waals surface area (Å²) < 4.78 is 45.7. The van der Waals surface area contributed by atoms with Crippen LogP contribution in [-0.4, -0.2) is 50.2 Å². The Bertz CT molecular complexity index is 993.